The second kappa shape index (κ2) is 12.4. The van der Waals surface area contributed by atoms with Crippen LogP contribution in [0.5, 0.6) is 5.75 Å². The van der Waals surface area contributed by atoms with Crippen molar-refractivity contribution in [3.8, 4) is 5.75 Å². The molecular formula is C24H32FN3O5S. The van der Waals surface area contributed by atoms with Gasteiger partial charge in [0, 0.05) is 32.1 Å². The van der Waals surface area contributed by atoms with Crippen molar-refractivity contribution >= 4 is 27.5 Å². The molecule has 1 atom stereocenters. The van der Waals surface area contributed by atoms with Gasteiger partial charge in [-0.2, -0.15) is 0 Å². The van der Waals surface area contributed by atoms with Gasteiger partial charge in [-0.1, -0.05) is 18.2 Å². The summed E-state index contributed by atoms with van der Waals surface area (Å²) < 4.78 is 45.6. The minimum atomic E-state index is -3.60. The van der Waals surface area contributed by atoms with Crippen LogP contribution < -0.4 is 14.4 Å². The molecule has 2 amide bonds. The number of amides is 2. The third-order valence-corrected chi connectivity index (χ3v) is 6.49. The molecule has 0 fully saturated rings. The Morgan fingerprint density at radius 1 is 1.12 bits per heavy atom. The number of rotatable bonds is 12. The second-order valence-corrected chi connectivity index (χ2v) is 9.68. The summed E-state index contributed by atoms with van der Waals surface area (Å²) in [6, 6.07) is 11.9. The highest BCUT2D eigenvalue weighted by atomic mass is 32.2. The van der Waals surface area contributed by atoms with Crippen molar-refractivity contribution in [2.45, 2.75) is 39.3 Å². The van der Waals surface area contributed by atoms with Crippen molar-refractivity contribution in [1.29, 1.82) is 0 Å². The molecular weight excluding hydrogens is 461 g/mol. The van der Waals surface area contributed by atoms with Crippen molar-refractivity contribution in [3.05, 3.63) is 59.9 Å². The van der Waals surface area contributed by atoms with E-state index in [4.69, 9.17) is 4.74 Å². The van der Waals surface area contributed by atoms with E-state index in [9.17, 15) is 22.4 Å². The van der Waals surface area contributed by atoms with Crippen LogP contribution in [0.2, 0.25) is 0 Å². The molecule has 0 aliphatic heterocycles. The monoisotopic (exact) mass is 493 g/mol. The van der Waals surface area contributed by atoms with E-state index >= 15 is 0 Å². The molecule has 2 rings (SSSR count). The first-order chi connectivity index (χ1) is 16.1. The average Bonchev–Trinajstić information content (AvgIpc) is 2.80. The number of halogens is 1. The van der Waals surface area contributed by atoms with Crippen LogP contribution in [0.3, 0.4) is 0 Å². The fraction of sp³-hybridized carbons (Fsp3) is 0.417. The Morgan fingerprint density at radius 2 is 1.76 bits per heavy atom. The normalized spacial score (nSPS) is 12.0. The maximum absolute atomic E-state index is 14.2. The average molecular weight is 494 g/mol. The third kappa shape index (κ3) is 7.44. The lowest BCUT2D eigenvalue weighted by molar-refractivity contribution is -0.140. The maximum Gasteiger partial charge on any atom is 0.242 e. The van der Waals surface area contributed by atoms with Gasteiger partial charge in [0.2, 0.25) is 21.8 Å². The standard InChI is InChI=1S/C24H32FN3O5S/c1-5-33-21-14-12-20(13-15-21)28(34(4,31)32)16-8-11-23(29)27(18(2)24(30)26-3)17-19-9-6-7-10-22(19)25/h6-7,9-10,12-15,18H,5,8,11,16-17H2,1-4H3,(H,26,30)/t18-/m0/s1. The molecule has 34 heavy (non-hydrogen) atoms. The fourth-order valence-corrected chi connectivity index (χ4v) is 4.45. The SMILES string of the molecule is CCOc1ccc(N(CCCC(=O)N(Cc2ccccc2F)[C@@H](C)C(=O)NC)S(C)(=O)=O)cc1. The van der Waals surface area contributed by atoms with Gasteiger partial charge in [-0.25, -0.2) is 12.8 Å². The summed E-state index contributed by atoms with van der Waals surface area (Å²) in [7, 11) is -2.13. The highest BCUT2D eigenvalue weighted by Crippen LogP contribution is 2.22. The Kier molecular flexibility index (Phi) is 9.85. The molecule has 0 heterocycles. The number of carbonyl (C=O) groups is 2. The second-order valence-electron chi connectivity index (χ2n) is 7.77. The number of nitrogens with zero attached hydrogens (tertiary/aromatic N) is 2. The molecule has 0 saturated heterocycles. The summed E-state index contributed by atoms with van der Waals surface area (Å²) in [5.41, 5.74) is 0.749. The highest BCUT2D eigenvalue weighted by Gasteiger charge is 2.26. The van der Waals surface area contributed by atoms with Crippen LogP contribution in [0.15, 0.2) is 48.5 Å². The minimum absolute atomic E-state index is 0.0150. The Morgan fingerprint density at radius 3 is 2.32 bits per heavy atom. The highest BCUT2D eigenvalue weighted by molar-refractivity contribution is 7.92. The van der Waals surface area contributed by atoms with Crippen LogP contribution in [-0.2, 0) is 26.2 Å². The van der Waals surface area contributed by atoms with Crippen LogP contribution in [0.4, 0.5) is 10.1 Å². The number of benzene rings is 2. The molecule has 2 aromatic rings. The van der Waals surface area contributed by atoms with Crippen LogP contribution >= 0.6 is 0 Å². The Hall–Kier alpha value is -3.14. The molecule has 0 radical (unpaired) electrons. The number of carbonyl (C=O) groups excluding carboxylic acids is 2. The summed E-state index contributed by atoms with van der Waals surface area (Å²) >= 11 is 0. The molecule has 0 aromatic heterocycles. The summed E-state index contributed by atoms with van der Waals surface area (Å²) in [5.74, 6) is -0.596. The first-order valence-corrected chi connectivity index (χ1v) is 12.9. The first kappa shape index (κ1) is 27.1. The van der Waals surface area contributed by atoms with Crippen molar-refractivity contribution in [2.75, 3.05) is 30.8 Å². The van der Waals surface area contributed by atoms with Crippen LogP contribution in [0.25, 0.3) is 0 Å². The predicted octanol–water partition coefficient (Wildman–Crippen LogP) is 2.93. The number of nitrogens with one attached hydrogen (secondary N) is 1. The maximum atomic E-state index is 14.2. The topological polar surface area (TPSA) is 96.0 Å². The van der Waals surface area contributed by atoms with Crippen LogP contribution in [-0.4, -0.2) is 57.6 Å². The van der Waals surface area contributed by atoms with Crippen LogP contribution in [0.1, 0.15) is 32.3 Å². The quantitative estimate of drug-likeness (QED) is 0.491. The van der Waals surface area contributed by atoms with E-state index in [1.54, 1.807) is 49.4 Å². The lowest BCUT2D eigenvalue weighted by Gasteiger charge is -2.29. The Balaban J connectivity index is 2.14. The van der Waals surface area contributed by atoms with Gasteiger partial charge in [-0.05, 0) is 50.6 Å². The largest absolute Gasteiger partial charge is 0.494 e. The molecule has 2 aromatic carbocycles. The molecule has 0 aliphatic rings. The number of anilines is 1. The summed E-state index contributed by atoms with van der Waals surface area (Å²) in [4.78, 5) is 26.6. The van der Waals surface area contributed by atoms with E-state index in [0.717, 1.165) is 6.26 Å². The first-order valence-electron chi connectivity index (χ1n) is 11.0. The molecule has 0 aliphatic carbocycles. The minimum Gasteiger partial charge on any atom is -0.494 e. The van der Waals surface area contributed by atoms with E-state index in [1.807, 2.05) is 6.92 Å². The van der Waals surface area contributed by atoms with Crippen LogP contribution in [0, 0.1) is 5.82 Å². The lowest BCUT2D eigenvalue weighted by Crippen LogP contribution is -2.47. The molecule has 186 valence electrons. The van der Waals surface area contributed by atoms with Crippen molar-refractivity contribution in [2.24, 2.45) is 0 Å². The molecule has 0 bridgehead atoms. The zero-order valence-corrected chi connectivity index (χ0v) is 20.8. The zero-order valence-electron chi connectivity index (χ0n) is 20.0. The number of hydrogen-bond acceptors (Lipinski definition) is 5. The van der Waals surface area contributed by atoms with Gasteiger partial charge >= 0.3 is 0 Å². The Bertz CT molecular complexity index is 1080. The van der Waals surface area contributed by atoms with E-state index in [2.05, 4.69) is 5.32 Å². The van der Waals surface area contributed by atoms with E-state index in [-0.39, 0.29) is 37.7 Å². The van der Waals surface area contributed by atoms with Gasteiger partial charge in [0.05, 0.1) is 18.6 Å². The summed E-state index contributed by atoms with van der Waals surface area (Å²) in [6.07, 6.45) is 1.30. The third-order valence-electron chi connectivity index (χ3n) is 5.30. The van der Waals surface area contributed by atoms with E-state index in [1.165, 1.54) is 22.3 Å². The molecule has 0 unspecified atom stereocenters. The van der Waals surface area contributed by atoms with Crippen molar-refractivity contribution < 1.29 is 27.1 Å². The molecule has 1 N–H and O–H groups in total. The molecule has 8 nitrogen and oxygen atoms in total. The van der Waals surface area contributed by atoms with Crippen molar-refractivity contribution in [1.82, 2.24) is 10.2 Å². The lowest BCUT2D eigenvalue weighted by atomic mass is 10.1. The van der Waals surface area contributed by atoms with Gasteiger partial charge < -0.3 is 15.0 Å². The Labute approximate surface area is 200 Å². The summed E-state index contributed by atoms with van der Waals surface area (Å²) in [6.45, 7) is 3.92. The van der Waals surface area contributed by atoms with E-state index in [0.29, 0.717) is 23.6 Å². The van der Waals surface area contributed by atoms with Crippen molar-refractivity contribution in [3.63, 3.8) is 0 Å². The molecule has 10 heteroatoms. The molecule has 0 spiro atoms. The smallest absolute Gasteiger partial charge is 0.242 e. The van der Waals surface area contributed by atoms with Gasteiger partial charge in [0.1, 0.15) is 17.6 Å². The van der Waals surface area contributed by atoms with Gasteiger partial charge in [-0.15, -0.1) is 0 Å². The number of sulfonamides is 1. The van der Waals surface area contributed by atoms with Gasteiger partial charge in [0.25, 0.3) is 0 Å². The zero-order chi connectivity index (χ0) is 25.3. The van der Waals surface area contributed by atoms with E-state index < -0.39 is 21.9 Å². The number of likely N-dealkylation sites (N-methyl/N-ethyl adjacent to an activating group) is 1. The van der Waals surface area contributed by atoms with Gasteiger partial charge in [0.15, 0.2) is 0 Å². The predicted molar refractivity (Wildman–Crippen MR) is 130 cm³/mol. The summed E-state index contributed by atoms with van der Waals surface area (Å²) in [5, 5.41) is 2.51. The number of ether oxygens (including phenoxy) is 1. The fourth-order valence-electron chi connectivity index (χ4n) is 3.48. The van der Waals surface area contributed by atoms with Gasteiger partial charge in [-0.3, -0.25) is 13.9 Å². The molecule has 0 saturated carbocycles. The number of hydrogen-bond donors (Lipinski definition) is 1.